The van der Waals surface area contributed by atoms with E-state index in [1.165, 1.54) is 20.6 Å². The SMILES string of the molecule is COC(=O)C1CCN(C(=O)CC2=CCCCC2)C(C(=O)OC)C1. The zero-order chi connectivity index (χ0) is 16.8. The van der Waals surface area contributed by atoms with Gasteiger partial charge in [0.15, 0.2) is 0 Å². The minimum absolute atomic E-state index is 0.0585. The number of ether oxygens (including phenoxy) is 2. The maximum Gasteiger partial charge on any atom is 0.328 e. The van der Waals surface area contributed by atoms with Crippen molar-refractivity contribution in [1.82, 2.24) is 4.90 Å². The van der Waals surface area contributed by atoms with Gasteiger partial charge in [0.25, 0.3) is 0 Å². The molecular formula is C17H25NO5. The quantitative estimate of drug-likeness (QED) is 0.583. The van der Waals surface area contributed by atoms with Crippen molar-refractivity contribution in [3.63, 3.8) is 0 Å². The molecule has 128 valence electrons. The van der Waals surface area contributed by atoms with E-state index in [0.717, 1.165) is 24.8 Å². The highest BCUT2D eigenvalue weighted by Gasteiger charge is 2.39. The van der Waals surface area contributed by atoms with Crippen molar-refractivity contribution >= 4 is 17.8 Å². The Labute approximate surface area is 136 Å². The topological polar surface area (TPSA) is 72.9 Å². The van der Waals surface area contributed by atoms with E-state index >= 15 is 0 Å². The molecule has 6 nitrogen and oxygen atoms in total. The molecule has 1 aliphatic heterocycles. The number of rotatable bonds is 4. The smallest absolute Gasteiger partial charge is 0.328 e. The Morgan fingerprint density at radius 3 is 2.52 bits per heavy atom. The molecule has 6 heteroatoms. The van der Waals surface area contributed by atoms with Crippen LogP contribution in [0.3, 0.4) is 0 Å². The number of hydrogen-bond donors (Lipinski definition) is 0. The van der Waals surface area contributed by atoms with Crippen molar-refractivity contribution in [3.8, 4) is 0 Å². The van der Waals surface area contributed by atoms with Crippen LogP contribution >= 0.6 is 0 Å². The van der Waals surface area contributed by atoms with Crippen LogP contribution in [0.15, 0.2) is 11.6 Å². The molecule has 2 aliphatic rings. The van der Waals surface area contributed by atoms with Gasteiger partial charge in [-0.25, -0.2) is 4.79 Å². The van der Waals surface area contributed by atoms with Gasteiger partial charge in [0.2, 0.25) is 5.91 Å². The van der Waals surface area contributed by atoms with Gasteiger partial charge in [-0.2, -0.15) is 0 Å². The van der Waals surface area contributed by atoms with Crippen molar-refractivity contribution in [2.75, 3.05) is 20.8 Å². The average molecular weight is 323 g/mol. The lowest BCUT2D eigenvalue weighted by atomic mass is 9.89. The highest BCUT2D eigenvalue weighted by Crippen LogP contribution is 2.27. The molecule has 0 bridgehead atoms. The first kappa shape index (κ1) is 17.5. The van der Waals surface area contributed by atoms with Crippen molar-refractivity contribution in [3.05, 3.63) is 11.6 Å². The fraction of sp³-hybridized carbons (Fsp3) is 0.706. The third-order valence-electron chi connectivity index (χ3n) is 4.69. The van der Waals surface area contributed by atoms with Gasteiger partial charge in [0.05, 0.1) is 20.1 Å². The molecule has 2 rings (SSSR count). The molecule has 0 N–H and O–H groups in total. The van der Waals surface area contributed by atoms with E-state index in [1.807, 2.05) is 0 Å². The van der Waals surface area contributed by atoms with Crippen LogP contribution in [0.2, 0.25) is 0 Å². The Morgan fingerprint density at radius 1 is 1.17 bits per heavy atom. The maximum atomic E-state index is 12.6. The molecule has 1 amide bonds. The standard InChI is InChI=1S/C17H25NO5/c1-22-16(20)13-8-9-18(14(11-13)17(21)23-2)15(19)10-12-6-4-3-5-7-12/h6,13-14H,3-5,7-11H2,1-2H3. The van der Waals surface area contributed by atoms with Crippen molar-refractivity contribution in [1.29, 1.82) is 0 Å². The summed E-state index contributed by atoms with van der Waals surface area (Å²) in [5, 5.41) is 0. The number of nitrogens with zero attached hydrogens (tertiary/aromatic N) is 1. The molecule has 0 radical (unpaired) electrons. The summed E-state index contributed by atoms with van der Waals surface area (Å²) in [7, 11) is 2.64. The van der Waals surface area contributed by atoms with E-state index in [1.54, 1.807) is 4.90 Å². The fourth-order valence-corrected chi connectivity index (χ4v) is 3.37. The van der Waals surface area contributed by atoms with Gasteiger partial charge in [-0.15, -0.1) is 0 Å². The number of carbonyl (C=O) groups is 3. The first-order valence-electron chi connectivity index (χ1n) is 8.19. The molecule has 1 aliphatic carbocycles. The van der Waals surface area contributed by atoms with Crippen molar-refractivity contribution in [2.24, 2.45) is 5.92 Å². The molecule has 0 saturated carbocycles. The largest absolute Gasteiger partial charge is 0.469 e. The lowest BCUT2D eigenvalue weighted by Gasteiger charge is -2.37. The molecule has 0 spiro atoms. The normalized spacial score (nSPS) is 24.6. The van der Waals surface area contributed by atoms with Crippen LogP contribution in [-0.4, -0.2) is 49.6 Å². The summed E-state index contributed by atoms with van der Waals surface area (Å²) >= 11 is 0. The van der Waals surface area contributed by atoms with Crippen molar-refractivity contribution < 1.29 is 23.9 Å². The molecule has 2 atom stereocenters. The Morgan fingerprint density at radius 2 is 1.91 bits per heavy atom. The number of piperidine rings is 1. The summed E-state index contributed by atoms with van der Waals surface area (Å²) < 4.78 is 9.59. The van der Waals surface area contributed by atoms with Gasteiger partial charge in [-0.3, -0.25) is 9.59 Å². The fourth-order valence-electron chi connectivity index (χ4n) is 3.37. The number of likely N-dealkylation sites (tertiary alicyclic amines) is 1. The molecule has 23 heavy (non-hydrogen) atoms. The van der Waals surface area contributed by atoms with Crippen LogP contribution in [-0.2, 0) is 23.9 Å². The molecule has 0 aromatic rings. The Balaban J connectivity index is 2.06. The first-order chi connectivity index (χ1) is 11.1. The lowest BCUT2D eigenvalue weighted by molar-refractivity contribution is -0.159. The van der Waals surface area contributed by atoms with E-state index in [0.29, 0.717) is 19.4 Å². The second-order valence-electron chi connectivity index (χ2n) is 6.16. The summed E-state index contributed by atoms with van der Waals surface area (Å²) in [6, 6.07) is -0.699. The van der Waals surface area contributed by atoms with Crippen molar-refractivity contribution in [2.45, 2.75) is 51.0 Å². The van der Waals surface area contributed by atoms with Gasteiger partial charge in [-0.1, -0.05) is 11.6 Å². The van der Waals surface area contributed by atoms with E-state index < -0.39 is 12.0 Å². The summed E-state index contributed by atoms with van der Waals surface area (Å²) in [5.41, 5.74) is 1.15. The number of methoxy groups -OCH3 is 2. The number of hydrogen-bond acceptors (Lipinski definition) is 5. The Kier molecular flexibility index (Phi) is 6.19. The van der Waals surface area contributed by atoms with Gasteiger partial charge in [0.1, 0.15) is 6.04 Å². The molecule has 0 aromatic carbocycles. The molecule has 2 unspecified atom stereocenters. The third kappa shape index (κ3) is 4.33. The van der Waals surface area contributed by atoms with Gasteiger partial charge < -0.3 is 14.4 Å². The third-order valence-corrected chi connectivity index (χ3v) is 4.69. The molecular weight excluding hydrogens is 298 g/mol. The number of carbonyl (C=O) groups excluding carboxylic acids is 3. The average Bonchev–Trinajstić information content (AvgIpc) is 2.60. The second-order valence-corrected chi connectivity index (χ2v) is 6.16. The zero-order valence-electron chi connectivity index (χ0n) is 13.9. The molecule has 1 heterocycles. The highest BCUT2D eigenvalue weighted by atomic mass is 16.5. The summed E-state index contributed by atoms with van der Waals surface area (Å²) in [4.78, 5) is 38.0. The summed E-state index contributed by atoms with van der Waals surface area (Å²) in [6.45, 7) is 0.381. The predicted molar refractivity (Wildman–Crippen MR) is 83.4 cm³/mol. The molecule has 1 saturated heterocycles. The van der Waals surface area contributed by atoms with E-state index in [9.17, 15) is 14.4 Å². The Bertz CT molecular complexity index is 499. The summed E-state index contributed by atoms with van der Waals surface area (Å²) in [5.74, 6) is -1.22. The number of allylic oxidation sites excluding steroid dienone is 1. The minimum atomic E-state index is -0.699. The number of esters is 2. The molecule has 0 aromatic heterocycles. The van der Waals surface area contributed by atoms with E-state index in [-0.39, 0.29) is 24.2 Å². The minimum Gasteiger partial charge on any atom is -0.469 e. The lowest BCUT2D eigenvalue weighted by Crippen LogP contribution is -2.51. The van der Waals surface area contributed by atoms with E-state index in [4.69, 9.17) is 9.47 Å². The van der Waals surface area contributed by atoms with E-state index in [2.05, 4.69) is 6.08 Å². The first-order valence-corrected chi connectivity index (χ1v) is 8.19. The van der Waals surface area contributed by atoms with Crippen LogP contribution in [0.4, 0.5) is 0 Å². The highest BCUT2D eigenvalue weighted by molar-refractivity contribution is 5.87. The van der Waals surface area contributed by atoms with Crippen LogP contribution in [0.25, 0.3) is 0 Å². The number of amides is 1. The monoisotopic (exact) mass is 323 g/mol. The van der Waals surface area contributed by atoms with Gasteiger partial charge in [0, 0.05) is 13.0 Å². The predicted octanol–water partition coefficient (Wildman–Crippen LogP) is 1.83. The van der Waals surface area contributed by atoms with Gasteiger partial charge in [-0.05, 0) is 38.5 Å². The van der Waals surface area contributed by atoms with Crippen LogP contribution in [0, 0.1) is 5.92 Å². The van der Waals surface area contributed by atoms with Crippen LogP contribution in [0.5, 0.6) is 0 Å². The van der Waals surface area contributed by atoms with Crippen LogP contribution in [0.1, 0.15) is 44.9 Å². The van der Waals surface area contributed by atoms with Gasteiger partial charge >= 0.3 is 11.9 Å². The second kappa shape index (κ2) is 8.13. The Hall–Kier alpha value is -1.85. The zero-order valence-corrected chi connectivity index (χ0v) is 13.9. The molecule has 1 fully saturated rings. The summed E-state index contributed by atoms with van der Waals surface area (Å²) in [6.07, 6.45) is 7.54. The maximum absolute atomic E-state index is 12.6. The van der Waals surface area contributed by atoms with Crippen LogP contribution < -0.4 is 0 Å².